The number of halogens is 1. The number of hydrogen-bond acceptors (Lipinski definition) is 5. The number of hydrogen-bond donors (Lipinski definition) is 2. The van der Waals surface area contributed by atoms with Gasteiger partial charge in [-0.3, -0.25) is 9.30 Å². The average Bonchev–Trinajstić information content (AvgIpc) is 3.18. The van der Waals surface area contributed by atoms with Gasteiger partial charge in [0, 0.05) is 31.9 Å². The number of rotatable bonds is 8. The van der Waals surface area contributed by atoms with E-state index in [2.05, 4.69) is 15.6 Å². The molecule has 0 aromatic heterocycles. The predicted molar refractivity (Wildman–Crippen MR) is 136 cm³/mol. The van der Waals surface area contributed by atoms with Gasteiger partial charge in [0.05, 0.1) is 25.2 Å². The second kappa shape index (κ2) is 11.4. The molecule has 0 aliphatic carbocycles. The van der Waals surface area contributed by atoms with E-state index in [1.54, 1.807) is 20.2 Å². The Balaban J connectivity index is 0.00000341. The number of fused-ring (bicyclic) bond motifs is 1. The summed E-state index contributed by atoms with van der Waals surface area (Å²) in [5.74, 6) is 1.70. The lowest BCUT2D eigenvalue weighted by Gasteiger charge is -2.20. The molecule has 10 heteroatoms. The number of nitrogens with one attached hydrogen (secondary N) is 2. The molecule has 0 fully saturated rings. The van der Waals surface area contributed by atoms with Crippen LogP contribution in [0.5, 0.6) is 11.5 Å². The summed E-state index contributed by atoms with van der Waals surface area (Å²) in [5, 5.41) is 6.21. The van der Waals surface area contributed by atoms with Gasteiger partial charge < -0.3 is 20.1 Å². The molecule has 0 saturated heterocycles. The summed E-state index contributed by atoms with van der Waals surface area (Å²) in [6.07, 6.45) is 0.742. The van der Waals surface area contributed by atoms with Crippen molar-refractivity contribution < 1.29 is 17.9 Å². The van der Waals surface area contributed by atoms with Crippen LogP contribution in [0.1, 0.15) is 12.5 Å². The van der Waals surface area contributed by atoms with Gasteiger partial charge in [0.1, 0.15) is 0 Å². The van der Waals surface area contributed by atoms with E-state index in [9.17, 15) is 8.42 Å². The number of para-hydroxylation sites is 1. The molecule has 1 aliphatic heterocycles. The van der Waals surface area contributed by atoms with E-state index in [1.165, 1.54) is 4.31 Å². The third kappa shape index (κ3) is 6.16. The molecule has 0 radical (unpaired) electrons. The summed E-state index contributed by atoms with van der Waals surface area (Å²) in [4.78, 5) is 4.17. The Morgan fingerprint density at radius 3 is 2.68 bits per heavy atom. The molecule has 2 N–H and O–H groups in total. The number of methoxy groups -OCH3 is 1. The highest BCUT2D eigenvalue weighted by Gasteiger charge is 2.28. The van der Waals surface area contributed by atoms with Crippen LogP contribution in [0.2, 0.25) is 0 Å². The fraction of sp³-hybridized carbons (Fsp3) is 0.381. The third-order valence-corrected chi connectivity index (χ3v) is 6.55. The highest BCUT2D eigenvalue weighted by atomic mass is 127. The first-order valence-corrected chi connectivity index (χ1v) is 11.5. The van der Waals surface area contributed by atoms with Crippen molar-refractivity contribution >= 4 is 51.3 Å². The molecule has 1 heterocycles. The first kappa shape index (κ1) is 25.1. The molecule has 0 atom stereocenters. The lowest BCUT2D eigenvalue weighted by molar-refractivity contribution is 0.311. The monoisotopic (exact) mass is 560 g/mol. The molecule has 0 bridgehead atoms. The molecule has 2 aromatic rings. The van der Waals surface area contributed by atoms with Gasteiger partial charge in [-0.1, -0.05) is 18.2 Å². The number of guanidine groups is 1. The maximum Gasteiger partial charge on any atom is 0.236 e. The van der Waals surface area contributed by atoms with Gasteiger partial charge in [0.25, 0.3) is 0 Å². The van der Waals surface area contributed by atoms with Crippen molar-refractivity contribution in [3.05, 3.63) is 48.0 Å². The van der Waals surface area contributed by atoms with Crippen molar-refractivity contribution in [3.63, 3.8) is 0 Å². The molecular formula is C21H29IN4O4S. The van der Waals surface area contributed by atoms with E-state index in [1.807, 2.05) is 43.3 Å². The molecule has 3 rings (SSSR count). The first-order valence-electron chi connectivity index (χ1n) is 9.85. The number of aliphatic imine (C=N–C) groups is 1. The Morgan fingerprint density at radius 2 is 1.97 bits per heavy atom. The lowest BCUT2D eigenvalue weighted by atomic mass is 10.2. The van der Waals surface area contributed by atoms with Crippen LogP contribution in [-0.4, -0.2) is 54.0 Å². The van der Waals surface area contributed by atoms with Gasteiger partial charge in [-0.2, -0.15) is 0 Å². The van der Waals surface area contributed by atoms with Gasteiger partial charge in [-0.15, -0.1) is 24.0 Å². The Kier molecular flexibility index (Phi) is 9.23. The van der Waals surface area contributed by atoms with Gasteiger partial charge in [0.2, 0.25) is 10.0 Å². The highest BCUT2D eigenvalue weighted by Crippen LogP contribution is 2.31. The largest absolute Gasteiger partial charge is 0.493 e. The Morgan fingerprint density at radius 1 is 1.19 bits per heavy atom. The summed E-state index contributed by atoms with van der Waals surface area (Å²) in [7, 11) is -0.201. The van der Waals surface area contributed by atoms with E-state index >= 15 is 0 Å². The normalized spacial score (nSPS) is 13.3. The molecule has 0 unspecified atom stereocenters. The number of anilines is 2. The van der Waals surface area contributed by atoms with E-state index < -0.39 is 10.0 Å². The van der Waals surface area contributed by atoms with Crippen LogP contribution in [0.25, 0.3) is 0 Å². The van der Waals surface area contributed by atoms with Gasteiger partial charge in [0.15, 0.2) is 17.5 Å². The summed E-state index contributed by atoms with van der Waals surface area (Å²) in [5.41, 5.74) is 2.60. The topological polar surface area (TPSA) is 92.3 Å². The molecule has 0 amide bonds. The number of nitrogens with zero attached hydrogens (tertiary/aromatic N) is 2. The minimum atomic E-state index is -3.42. The van der Waals surface area contributed by atoms with Crippen LogP contribution in [0, 0.1) is 0 Å². The first-order chi connectivity index (χ1) is 14.5. The summed E-state index contributed by atoms with van der Waals surface area (Å²) >= 11 is 0. The van der Waals surface area contributed by atoms with E-state index in [0.29, 0.717) is 30.6 Å². The van der Waals surface area contributed by atoms with E-state index in [4.69, 9.17) is 9.47 Å². The molecule has 31 heavy (non-hydrogen) atoms. The molecular weight excluding hydrogens is 531 g/mol. The van der Waals surface area contributed by atoms with Crippen LogP contribution in [0.15, 0.2) is 47.5 Å². The van der Waals surface area contributed by atoms with Gasteiger partial charge in [-0.05, 0) is 37.1 Å². The number of sulfonamides is 1. The standard InChI is InChI=1S/C21H28N4O4S.HI/c1-4-29-20-15-17(9-10-19(20)28-3)24-21(22-2)23-12-14-30(26,27)25-13-11-16-7-5-6-8-18(16)25;/h5-10,15H,4,11-14H2,1-3H3,(H2,22,23,24);1H. The van der Waals surface area contributed by atoms with Crippen LogP contribution in [-0.2, 0) is 16.4 Å². The minimum absolute atomic E-state index is 0. The van der Waals surface area contributed by atoms with Crippen molar-refractivity contribution in [2.45, 2.75) is 13.3 Å². The lowest BCUT2D eigenvalue weighted by Crippen LogP contribution is -2.39. The van der Waals surface area contributed by atoms with Crippen molar-refractivity contribution in [2.75, 3.05) is 49.2 Å². The molecule has 1 aliphatic rings. The molecule has 0 spiro atoms. The molecule has 0 saturated carbocycles. The Labute approximate surface area is 201 Å². The fourth-order valence-corrected chi connectivity index (χ4v) is 4.77. The number of ether oxygens (including phenoxy) is 2. The zero-order chi connectivity index (χ0) is 21.6. The average molecular weight is 560 g/mol. The SMILES string of the molecule is CCOc1cc(NC(=NC)NCCS(=O)(=O)N2CCc3ccccc32)ccc1OC.I. The molecule has 2 aromatic carbocycles. The smallest absolute Gasteiger partial charge is 0.236 e. The predicted octanol–water partition coefficient (Wildman–Crippen LogP) is 3.09. The van der Waals surface area contributed by atoms with Crippen LogP contribution < -0.4 is 24.4 Å². The van der Waals surface area contributed by atoms with E-state index in [-0.39, 0.29) is 36.3 Å². The van der Waals surface area contributed by atoms with Crippen molar-refractivity contribution in [1.82, 2.24) is 5.32 Å². The zero-order valence-electron chi connectivity index (χ0n) is 17.9. The summed E-state index contributed by atoms with van der Waals surface area (Å²) in [6, 6.07) is 13.1. The Hall–Kier alpha value is -2.21. The molecule has 8 nitrogen and oxygen atoms in total. The van der Waals surface area contributed by atoms with Crippen molar-refractivity contribution in [3.8, 4) is 11.5 Å². The summed E-state index contributed by atoms with van der Waals surface area (Å²) in [6.45, 7) is 3.14. The van der Waals surface area contributed by atoms with Gasteiger partial charge >= 0.3 is 0 Å². The Bertz CT molecular complexity index is 1010. The van der Waals surface area contributed by atoms with Gasteiger partial charge in [-0.25, -0.2) is 8.42 Å². The van der Waals surface area contributed by atoms with Crippen molar-refractivity contribution in [1.29, 1.82) is 0 Å². The van der Waals surface area contributed by atoms with Crippen LogP contribution in [0.3, 0.4) is 0 Å². The molecule has 170 valence electrons. The second-order valence-electron chi connectivity index (χ2n) is 6.69. The highest BCUT2D eigenvalue weighted by molar-refractivity contribution is 14.0. The van der Waals surface area contributed by atoms with E-state index in [0.717, 1.165) is 23.4 Å². The summed E-state index contributed by atoms with van der Waals surface area (Å²) < 4.78 is 38.0. The quantitative estimate of drug-likeness (QED) is 0.293. The third-order valence-electron chi connectivity index (χ3n) is 4.78. The zero-order valence-corrected chi connectivity index (χ0v) is 21.1. The van der Waals surface area contributed by atoms with Crippen LogP contribution in [0.4, 0.5) is 11.4 Å². The second-order valence-corrected chi connectivity index (χ2v) is 8.70. The maximum absolute atomic E-state index is 12.8. The van der Waals surface area contributed by atoms with Crippen molar-refractivity contribution in [2.24, 2.45) is 4.99 Å². The fourth-order valence-electron chi connectivity index (χ4n) is 3.34. The minimum Gasteiger partial charge on any atom is -0.493 e. The maximum atomic E-state index is 12.8. The number of benzene rings is 2. The van der Waals surface area contributed by atoms with Crippen LogP contribution >= 0.6 is 24.0 Å².